The molecule has 4 nitrogen and oxygen atoms in total. The molecule has 2 heterocycles. The van der Waals surface area contributed by atoms with Gasteiger partial charge in [0.15, 0.2) is 15.0 Å². The van der Waals surface area contributed by atoms with Crippen molar-refractivity contribution in [1.29, 1.82) is 0 Å². The van der Waals surface area contributed by atoms with Crippen molar-refractivity contribution < 1.29 is 8.42 Å². The fourth-order valence-electron chi connectivity index (χ4n) is 3.34. The van der Waals surface area contributed by atoms with E-state index in [0.29, 0.717) is 20.8 Å². The monoisotopic (exact) mass is 460 g/mol. The van der Waals surface area contributed by atoms with E-state index in [0.717, 1.165) is 16.4 Å². The fourth-order valence-corrected chi connectivity index (χ4v) is 6.91. The molecule has 0 aliphatic carbocycles. The van der Waals surface area contributed by atoms with E-state index in [1.165, 1.54) is 0 Å². The third kappa shape index (κ3) is 4.25. The van der Waals surface area contributed by atoms with Crippen molar-refractivity contribution >= 4 is 67.3 Å². The number of hydrogen-bond donors (Lipinski definition) is 0. The van der Waals surface area contributed by atoms with Crippen molar-refractivity contribution in [2.75, 3.05) is 16.4 Å². The van der Waals surface area contributed by atoms with Crippen LogP contribution < -0.4 is 4.90 Å². The Labute approximate surface area is 177 Å². The number of rotatable bonds is 3. The highest BCUT2D eigenvalue weighted by molar-refractivity contribution is 8.13. The van der Waals surface area contributed by atoms with Gasteiger partial charge in [0.05, 0.1) is 23.6 Å². The zero-order chi connectivity index (χ0) is 19.2. The number of halogens is 3. The lowest BCUT2D eigenvalue weighted by Gasteiger charge is -2.27. The highest BCUT2D eigenvalue weighted by atomic mass is 35.5. The summed E-state index contributed by atoms with van der Waals surface area (Å²) in [5.41, 5.74) is 1.88. The van der Waals surface area contributed by atoms with Gasteiger partial charge in [-0.3, -0.25) is 4.99 Å². The van der Waals surface area contributed by atoms with Crippen LogP contribution in [0.1, 0.15) is 5.56 Å². The van der Waals surface area contributed by atoms with Crippen molar-refractivity contribution in [3.63, 3.8) is 0 Å². The fraction of sp³-hybridized carbons (Fsp3) is 0.278. The molecule has 0 spiro atoms. The number of benzene rings is 2. The minimum atomic E-state index is -3.10. The summed E-state index contributed by atoms with van der Waals surface area (Å²) in [5.74, 6) is 0.858. The Bertz CT molecular complexity index is 990. The molecule has 2 aliphatic heterocycles. The first-order valence-corrected chi connectivity index (χ1v) is 12.2. The Kier molecular flexibility index (Phi) is 5.38. The summed E-state index contributed by atoms with van der Waals surface area (Å²) in [7, 11) is -3.10. The van der Waals surface area contributed by atoms with E-state index in [1.54, 1.807) is 30.0 Å². The molecule has 27 heavy (non-hydrogen) atoms. The third-order valence-corrected chi connectivity index (χ3v) is 7.94. The van der Waals surface area contributed by atoms with Gasteiger partial charge < -0.3 is 4.90 Å². The topological polar surface area (TPSA) is 49.7 Å². The Hall–Kier alpha value is -0.920. The van der Waals surface area contributed by atoms with Crippen molar-refractivity contribution in [3.8, 4) is 0 Å². The summed E-state index contributed by atoms with van der Waals surface area (Å²) in [6.45, 7) is 0. The van der Waals surface area contributed by atoms with Crippen LogP contribution in [0.4, 0.5) is 5.69 Å². The van der Waals surface area contributed by atoms with Gasteiger partial charge in [-0.25, -0.2) is 8.42 Å². The van der Waals surface area contributed by atoms with Crippen LogP contribution in [0.25, 0.3) is 0 Å². The Balaban J connectivity index is 1.64. The minimum Gasteiger partial charge on any atom is -0.315 e. The van der Waals surface area contributed by atoms with Gasteiger partial charge >= 0.3 is 0 Å². The molecule has 2 aromatic carbocycles. The van der Waals surface area contributed by atoms with E-state index >= 15 is 0 Å². The van der Waals surface area contributed by atoms with E-state index in [1.807, 2.05) is 29.2 Å². The van der Waals surface area contributed by atoms with Crippen LogP contribution in [0.15, 0.2) is 47.5 Å². The van der Waals surface area contributed by atoms with Crippen LogP contribution in [0, 0.1) is 0 Å². The third-order valence-electron chi connectivity index (χ3n) is 4.51. The van der Waals surface area contributed by atoms with Crippen molar-refractivity contribution in [2.24, 2.45) is 4.99 Å². The van der Waals surface area contributed by atoms with Gasteiger partial charge in [-0.05, 0) is 35.9 Å². The summed E-state index contributed by atoms with van der Waals surface area (Å²) in [6, 6.07) is 12.4. The molecule has 0 amide bonds. The van der Waals surface area contributed by atoms with Crippen LogP contribution in [0.3, 0.4) is 0 Å². The molecule has 142 valence electrons. The quantitative estimate of drug-likeness (QED) is 0.651. The standard InChI is InChI=1S/C18H15Cl3N2O2S2/c19-12-3-1-11(2-4-12)8-26-18-22-16-9-27(24,25)10-17(16)23(18)15-6-13(20)5-14(21)7-15/h1-7,16-17H,8-10H2/t16-,17-/m0/s1. The summed E-state index contributed by atoms with van der Waals surface area (Å²) >= 11 is 19.9. The van der Waals surface area contributed by atoms with Gasteiger partial charge in [0, 0.05) is 26.5 Å². The van der Waals surface area contributed by atoms with E-state index in [2.05, 4.69) is 0 Å². The average Bonchev–Trinajstić information content (AvgIpc) is 3.04. The molecule has 0 saturated carbocycles. The summed E-state index contributed by atoms with van der Waals surface area (Å²) < 4.78 is 24.2. The van der Waals surface area contributed by atoms with Gasteiger partial charge in [0.1, 0.15) is 0 Å². The second kappa shape index (κ2) is 7.48. The largest absolute Gasteiger partial charge is 0.315 e. The van der Waals surface area contributed by atoms with Crippen LogP contribution >= 0.6 is 46.6 Å². The lowest BCUT2D eigenvalue weighted by Crippen LogP contribution is -2.39. The Morgan fingerprint density at radius 1 is 1.00 bits per heavy atom. The first-order valence-electron chi connectivity index (χ1n) is 8.21. The number of nitrogens with zero attached hydrogens (tertiary/aromatic N) is 2. The molecular weight excluding hydrogens is 447 g/mol. The first-order chi connectivity index (χ1) is 12.8. The molecule has 1 saturated heterocycles. The lowest BCUT2D eigenvalue weighted by molar-refractivity contribution is 0.601. The van der Waals surface area contributed by atoms with Crippen LogP contribution in [-0.2, 0) is 15.6 Å². The molecule has 4 rings (SSSR count). The number of thioether (sulfide) groups is 1. The summed E-state index contributed by atoms with van der Waals surface area (Å²) in [6.07, 6.45) is 0. The highest BCUT2D eigenvalue weighted by Gasteiger charge is 2.47. The van der Waals surface area contributed by atoms with Crippen molar-refractivity contribution in [1.82, 2.24) is 0 Å². The molecule has 2 atom stereocenters. The molecule has 0 radical (unpaired) electrons. The maximum atomic E-state index is 12.1. The van der Waals surface area contributed by atoms with Crippen LogP contribution in [-0.4, -0.2) is 37.2 Å². The smallest absolute Gasteiger partial charge is 0.164 e. The van der Waals surface area contributed by atoms with Crippen LogP contribution in [0.2, 0.25) is 15.1 Å². The average molecular weight is 462 g/mol. The van der Waals surface area contributed by atoms with Crippen molar-refractivity contribution in [3.05, 3.63) is 63.1 Å². The molecular formula is C18H15Cl3N2O2S2. The van der Waals surface area contributed by atoms with Gasteiger partial charge in [-0.1, -0.05) is 58.7 Å². The number of anilines is 1. The lowest BCUT2D eigenvalue weighted by atomic mass is 10.1. The van der Waals surface area contributed by atoms with E-state index < -0.39 is 9.84 Å². The maximum absolute atomic E-state index is 12.1. The summed E-state index contributed by atoms with van der Waals surface area (Å²) in [4.78, 5) is 6.68. The molecule has 1 fully saturated rings. The number of hydrogen-bond acceptors (Lipinski definition) is 5. The van der Waals surface area contributed by atoms with Gasteiger partial charge in [0.25, 0.3) is 0 Å². The van der Waals surface area contributed by atoms with Gasteiger partial charge in [-0.2, -0.15) is 0 Å². The molecule has 0 bridgehead atoms. The van der Waals surface area contributed by atoms with Crippen molar-refractivity contribution in [2.45, 2.75) is 17.8 Å². The Morgan fingerprint density at radius 3 is 2.33 bits per heavy atom. The number of amidine groups is 1. The molecule has 0 N–H and O–H groups in total. The van der Waals surface area contributed by atoms with Gasteiger partial charge in [0.2, 0.25) is 0 Å². The molecule has 2 aromatic rings. The SMILES string of the molecule is O=S1(=O)C[C@@H]2N=C(SCc3ccc(Cl)cc3)N(c3cc(Cl)cc(Cl)c3)[C@H]2C1. The first kappa shape index (κ1) is 19.4. The zero-order valence-corrected chi connectivity index (χ0v) is 17.9. The number of aliphatic imine (C=N–C) groups is 1. The second-order valence-electron chi connectivity index (χ2n) is 6.54. The van der Waals surface area contributed by atoms with E-state index in [9.17, 15) is 8.42 Å². The normalized spacial score (nSPS) is 23.4. The molecule has 9 heteroatoms. The predicted octanol–water partition coefficient (Wildman–Crippen LogP) is 4.92. The highest BCUT2D eigenvalue weighted by Crippen LogP contribution is 2.38. The van der Waals surface area contributed by atoms with E-state index in [-0.39, 0.29) is 23.6 Å². The zero-order valence-electron chi connectivity index (χ0n) is 14.0. The maximum Gasteiger partial charge on any atom is 0.164 e. The van der Waals surface area contributed by atoms with Gasteiger partial charge in [-0.15, -0.1) is 0 Å². The second-order valence-corrected chi connectivity index (χ2v) is 10.9. The number of sulfone groups is 1. The molecule has 0 aromatic heterocycles. The Morgan fingerprint density at radius 2 is 1.67 bits per heavy atom. The van der Waals surface area contributed by atoms with E-state index in [4.69, 9.17) is 39.8 Å². The molecule has 2 aliphatic rings. The molecule has 0 unspecified atom stereocenters. The predicted molar refractivity (Wildman–Crippen MR) is 115 cm³/mol. The van der Waals surface area contributed by atoms with Crippen LogP contribution in [0.5, 0.6) is 0 Å². The minimum absolute atomic E-state index is 0.0769. The number of fused-ring (bicyclic) bond motifs is 1. The summed E-state index contributed by atoms with van der Waals surface area (Å²) in [5, 5.41) is 2.48.